The molecule has 2 aliphatic rings. The lowest BCUT2D eigenvalue weighted by Crippen LogP contribution is -2.41. The van der Waals surface area contributed by atoms with Crippen molar-refractivity contribution < 1.29 is 15.3 Å². The number of aliphatic hydroxyl groups excluding tert-OH is 3. The lowest BCUT2D eigenvalue weighted by atomic mass is 10.1. The van der Waals surface area contributed by atoms with E-state index in [2.05, 4.69) is 16.7 Å². The van der Waals surface area contributed by atoms with Crippen LogP contribution in [0, 0.1) is 5.92 Å². The van der Waals surface area contributed by atoms with Crippen LogP contribution in [0.15, 0.2) is 22.5 Å². The zero-order valence-corrected chi connectivity index (χ0v) is 9.27. The first-order valence-corrected chi connectivity index (χ1v) is 5.38. The third-order valence-corrected chi connectivity index (χ3v) is 3.16. The summed E-state index contributed by atoms with van der Waals surface area (Å²) < 4.78 is 0. The van der Waals surface area contributed by atoms with Gasteiger partial charge in [-0.2, -0.15) is 5.10 Å². The molecule has 1 heterocycles. The summed E-state index contributed by atoms with van der Waals surface area (Å²) in [5, 5.41) is 34.2. The third-order valence-electron chi connectivity index (χ3n) is 3.16. The molecular formula is C10H16N4O3. The van der Waals surface area contributed by atoms with E-state index in [1.54, 1.807) is 0 Å². The van der Waals surface area contributed by atoms with E-state index in [0.29, 0.717) is 12.2 Å². The van der Waals surface area contributed by atoms with Gasteiger partial charge in [-0.1, -0.05) is 6.58 Å². The maximum Gasteiger partial charge on any atom is 0.146 e. The van der Waals surface area contributed by atoms with Crippen molar-refractivity contribution >= 4 is 12.1 Å². The van der Waals surface area contributed by atoms with Gasteiger partial charge in [-0.15, -0.1) is 0 Å². The van der Waals surface area contributed by atoms with Crippen molar-refractivity contribution in [3.05, 3.63) is 12.4 Å². The zero-order valence-electron chi connectivity index (χ0n) is 9.27. The Labute approximate surface area is 98.6 Å². The van der Waals surface area contributed by atoms with Crippen LogP contribution in [0.25, 0.3) is 0 Å². The molecule has 0 bridgehead atoms. The lowest BCUT2D eigenvalue weighted by Gasteiger charge is -2.29. The number of aliphatic hydroxyl groups is 3. The van der Waals surface area contributed by atoms with Crippen LogP contribution in [0.3, 0.4) is 0 Å². The van der Waals surface area contributed by atoms with Gasteiger partial charge in [0.25, 0.3) is 0 Å². The number of hydrazone groups is 1. The van der Waals surface area contributed by atoms with E-state index in [4.69, 9.17) is 10.8 Å². The number of nitrogens with two attached hydrogens (primary N) is 1. The Morgan fingerprint density at radius 3 is 2.71 bits per heavy atom. The molecule has 17 heavy (non-hydrogen) atoms. The van der Waals surface area contributed by atoms with Crippen LogP contribution in [0.1, 0.15) is 6.42 Å². The number of hydrogen-bond acceptors (Lipinski definition) is 7. The van der Waals surface area contributed by atoms with Gasteiger partial charge in [0, 0.05) is 12.5 Å². The van der Waals surface area contributed by atoms with Crippen LogP contribution >= 0.6 is 0 Å². The highest BCUT2D eigenvalue weighted by molar-refractivity contribution is 6.29. The van der Waals surface area contributed by atoms with Gasteiger partial charge in [-0.3, -0.25) is 0 Å². The molecule has 0 aromatic rings. The summed E-state index contributed by atoms with van der Waals surface area (Å²) in [5.74, 6) is 0.207. The van der Waals surface area contributed by atoms with Gasteiger partial charge >= 0.3 is 0 Å². The topological polar surface area (TPSA) is 115 Å². The van der Waals surface area contributed by atoms with E-state index >= 15 is 0 Å². The largest absolute Gasteiger partial charge is 0.396 e. The Hall–Kier alpha value is -1.44. The second-order valence-electron chi connectivity index (χ2n) is 4.27. The highest BCUT2D eigenvalue weighted by Crippen LogP contribution is 2.32. The van der Waals surface area contributed by atoms with Crippen molar-refractivity contribution in [3.63, 3.8) is 0 Å². The van der Waals surface area contributed by atoms with Crippen LogP contribution in [0.5, 0.6) is 0 Å². The minimum absolute atomic E-state index is 0.176. The molecule has 0 spiro atoms. The standard InChI is InChI=1S/C10H16N4O3/c1-5-13-8(11)3-12-14(5)7-2-6(4-15)9(16)10(7)17/h3,6-7,9-10,15-17H,1-2,4H2,(H2,11,13)/t6-,7-,9?,10-/m1/s1. The number of hydrogen-bond donors (Lipinski definition) is 4. The molecule has 0 saturated heterocycles. The Morgan fingerprint density at radius 1 is 1.47 bits per heavy atom. The lowest BCUT2D eigenvalue weighted by molar-refractivity contribution is -0.0129. The predicted octanol–water partition coefficient (Wildman–Crippen LogP) is -1.78. The quantitative estimate of drug-likeness (QED) is 0.455. The molecule has 5 N–H and O–H groups in total. The summed E-state index contributed by atoms with van der Waals surface area (Å²) in [5.41, 5.74) is 5.46. The molecule has 94 valence electrons. The second-order valence-corrected chi connectivity index (χ2v) is 4.27. The van der Waals surface area contributed by atoms with Crippen molar-refractivity contribution in [3.8, 4) is 0 Å². The summed E-state index contributed by atoms with van der Waals surface area (Å²) in [7, 11) is 0. The first kappa shape index (κ1) is 12.0. The summed E-state index contributed by atoms with van der Waals surface area (Å²) in [6.45, 7) is 3.51. The summed E-state index contributed by atoms with van der Waals surface area (Å²) >= 11 is 0. The molecule has 0 aromatic heterocycles. The van der Waals surface area contributed by atoms with Gasteiger partial charge in [0.05, 0.1) is 18.4 Å². The fourth-order valence-electron chi connectivity index (χ4n) is 2.22. The van der Waals surface area contributed by atoms with E-state index in [1.165, 1.54) is 11.2 Å². The Bertz CT molecular complexity index is 382. The molecule has 7 heteroatoms. The molecule has 0 aromatic carbocycles. The molecule has 1 aliphatic heterocycles. The maximum atomic E-state index is 9.90. The number of nitrogens with zero attached hydrogens (tertiary/aromatic N) is 3. The minimum atomic E-state index is -0.990. The average molecular weight is 240 g/mol. The van der Waals surface area contributed by atoms with Gasteiger partial charge in [-0.25, -0.2) is 10.0 Å². The maximum absolute atomic E-state index is 9.90. The van der Waals surface area contributed by atoms with Crippen molar-refractivity contribution in [1.82, 2.24) is 5.01 Å². The molecule has 7 nitrogen and oxygen atoms in total. The third kappa shape index (κ3) is 2.04. The Balaban J connectivity index is 2.15. The van der Waals surface area contributed by atoms with E-state index < -0.39 is 18.2 Å². The zero-order chi connectivity index (χ0) is 12.6. The number of aliphatic imine (C=N–C) groups is 1. The molecule has 2 rings (SSSR count). The van der Waals surface area contributed by atoms with Crippen LogP contribution in [-0.2, 0) is 0 Å². The van der Waals surface area contributed by atoms with Gasteiger partial charge in [0.2, 0.25) is 0 Å². The summed E-state index contributed by atoms with van der Waals surface area (Å²) in [6, 6.07) is -0.442. The summed E-state index contributed by atoms with van der Waals surface area (Å²) in [6.07, 6.45) is -0.170. The Kier molecular flexibility index (Phi) is 3.14. The SMILES string of the molecule is C=C1N=C(N)C=NN1[C@@H]1C[C@H](CO)C(O)[C@@H]1O. The highest BCUT2D eigenvalue weighted by Gasteiger charge is 2.44. The molecule has 1 saturated carbocycles. The second kappa shape index (κ2) is 4.44. The predicted molar refractivity (Wildman–Crippen MR) is 62.1 cm³/mol. The first-order valence-electron chi connectivity index (χ1n) is 5.38. The van der Waals surface area contributed by atoms with Crippen molar-refractivity contribution in [2.45, 2.75) is 24.7 Å². The molecule has 0 radical (unpaired) electrons. The van der Waals surface area contributed by atoms with E-state index in [-0.39, 0.29) is 18.4 Å². The van der Waals surface area contributed by atoms with Crippen molar-refractivity contribution in [2.24, 2.45) is 21.7 Å². The van der Waals surface area contributed by atoms with Gasteiger partial charge in [0.15, 0.2) is 0 Å². The van der Waals surface area contributed by atoms with Crippen molar-refractivity contribution in [2.75, 3.05) is 6.61 Å². The minimum Gasteiger partial charge on any atom is -0.396 e. The van der Waals surface area contributed by atoms with E-state index in [0.717, 1.165) is 0 Å². The molecule has 1 unspecified atom stereocenters. The fraction of sp³-hybridized carbons (Fsp3) is 0.600. The average Bonchev–Trinajstić information content (AvgIpc) is 2.57. The number of rotatable bonds is 2. The smallest absolute Gasteiger partial charge is 0.146 e. The van der Waals surface area contributed by atoms with E-state index in [1.807, 2.05) is 0 Å². The molecular weight excluding hydrogens is 224 g/mol. The van der Waals surface area contributed by atoms with Gasteiger partial charge in [-0.05, 0) is 6.42 Å². The molecule has 0 amide bonds. The fourth-order valence-corrected chi connectivity index (χ4v) is 2.22. The van der Waals surface area contributed by atoms with Crippen LogP contribution < -0.4 is 5.73 Å². The summed E-state index contributed by atoms with van der Waals surface area (Å²) in [4.78, 5) is 3.94. The van der Waals surface area contributed by atoms with Gasteiger partial charge < -0.3 is 21.1 Å². The monoisotopic (exact) mass is 240 g/mol. The van der Waals surface area contributed by atoms with E-state index in [9.17, 15) is 10.2 Å². The van der Waals surface area contributed by atoms with Crippen LogP contribution in [0.2, 0.25) is 0 Å². The van der Waals surface area contributed by atoms with Crippen LogP contribution in [0.4, 0.5) is 0 Å². The first-order chi connectivity index (χ1) is 8.04. The molecule has 1 fully saturated rings. The van der Waals surface area contributed by atoms with Crippen LogP contribution in [-0.4, -0.2) is 57.2 Å². The Morgan fingerprint density at radius 2 is 2.18 bits per heavy atom. The number of amidine groups is 1. The van der Waals surface area contributed by atoms with Crippen molar-refractivity contribution in [1.29, 1.82) is 0 Å². The molecule has 1 aliphatic carbocycles. The normalized spacial score (nSPS) is 37.5. The molecule has 4 atom stereocenters. The highest BCUT2D eigenvalue weighted by atomic mass is 16.3. The van der Waals surface area contributed by atoms with Gasteiger partial charge in [0.1, 0.15) is 17.8 Å².